The van der Waals surface area contributed by atoms with E-state index in [4.69, 9.17) is 23.4 Å². The number of aryl methyl sites for hydroxylation is 4. The molecule has 14 heteroatoms. The lowest BCUT2D eigenvalue weighted by molar-refractivity contribution is 0.00578. The van der Waals surface area contributed by atoms with Gasteiger partial charge in [-0.1, -0.05) is 36.4 Å². The Morgan fingerprint density at radius 3 is 1.28 bits per heavy atom. The maximum atomic E-state index is 12.3. The van der Waals surface area contributed by atoms with Gasteiger partial charge in [-0.3, -0.25) is 9.36 Å². The minimum Gasteiger partial charge on any atom is -0.477 e. The van der Waals surface area contributed by atoms with Crippen LogP contribution in [0.25, 0.3) is 0 Å². The van der Waals surface area contributed by atoms with Gasteiger partial charge in [0.25, 0.3) is 0 Å². The van der Waals surface area contributed by atoms with E-state index in [0.29, 0.717) is 30.0 Å². The van der Waals surface area contributed by atoms with Gasteiger partial charge in [-0.2, -0.15) is 10.2 Å². The number of rotatable bonds is 8. The van der Waals surface area contributed by atoms with E-state index >= 15 is 0 Å². The van der Waals surface area contributed by atoms with Gasteiger partial charge in [0.2, 0.25) is 0 Å². The average molecular weight is 726 g/mol. The molecule has 0 amide bonds. The second kappa shape index (κ2) is 14.5. The quantitative estimate of drug-likeness (QED) is 0.191. The molecule has 2 aliphatic rings. The zero-order valence-electron chi connectivity index (χ0n) is 33.3. The molecule has 2 aromatic heterocycles. The van der Waals surface area contributed by atoms with Gasteiger partial charge in [0, 0.05) is 0 Å². The standard InChI is InChI=1S/C20H27BN2O4.C19H25BN2O4/c1-13-9-8-10-14(2)15(13)12-23-16(18(24)25-7)11-17(22-23)21-26-19(3,4)20(5,6)27-21;1-12-8-7-9-13(2)14(12)11-22-15(17(23)24)10-16(21-22)20-25-18(3,4)19(5,6)26-20/h8-11H,12H2,1-7H3;7-10H,11H2,1-6H3,(H,23,24). The number of hydrogen-bond acceptors (Lipinski definition) is 9. The number of ether oxygens (including phenoxy) is 1. The number of carboxylic acids is 1. The Hall–Kier alpha value is -4.23. The maximum absolute atomic E-state index is 12.3. The Kier molecular flexibility index (Phi) is 11.0. The van der Waals surface area contributed by atoms with Crippen molar-refractivity contribution in [2.45, 2.75) is 119 Å². The van der Waals surface area contributed by atoms with Crippen molar-refractivity contribution in [2.24, 2.45) is 0 Å². The first-order valence-electron chi connectivity index (χ1n) is 17.9. The van der Waals surface area contributed by atoms with Gasteiger partial charge < -0.3 is 28.5 Å². The van der Waals surface area contributed by atoms with Crippen LogP contribution in [0, 0.1) is 27.7 Å². The fourth-order valence-electron chi connectivity index (χ4n) is 6.21. The first-order chi connectivity index (χ1) is 24.6. The Morgan fingerprint density at radius 1 is 0.642 bits per heavy atom. The van der Waals surface area contributed by atoms with Crippen molar-refractivity contribution in [1.82, 2.24) is 19.6 Å². The summed E-state index contributed by atoms with van der Waals surface area (Å²) in [6, 6.07) is 15.4. The first-order valence-corrected chi connectivity index (χ1v) is 17.9. The Balaban J connectivity index is 0.000000204. The lowest BCUT2D eigenvalue weighted by atomic mass is 9.85. The largest absolute Gasteiger partial charge is 0.516 e. The topological polar surface area (TPSA) is 136 Å². The van der Waals surface area contributed by atoms with Gasteiger partial charge >= 0.3 is 26.2 Å². The van der Waals surface area contributed by atoms with E-state index in [1.165, 1.54) is 17.9 Å². The van der Waals surface area contributed by atoms with Gasteiger partial charge in [-0.25, -0.2) is 9.59 Å². The van der Waals surface area contributed by atoms with Crippen LogP contribution in [0.3, 0.4) is 0 Å². The van der Waals surface area contributed by atoms with E-state index in [0.717, 1.165) is 33.4 Å². The van der Waals surface area contributed by atoms with Crippen LogP contribution in [-0.4, -0.2) is 80.4 Å². The first kappa shape index (κ1) is 40.0. The highest BCUT2D eigenvalue weighted by atomic mass is 16.7. The third kappa shape index (κ3) is 8.01. The van der Waals surface area contributed by atoms with Gasteiger partial charge in [0.15, 0.2) is 0 Å². The van der Waals surface area contributed by atoms with Crippen molar-refractivity contribution in [1.29, 1.82) is 0 Å². The summed E-state index contributed by atoms with van der Waals surface area (Å²) in [6.45, 7) is 24.8. The summed E-state index contributed by atoms with van der Waals surface area (Å²) < 4.78 is 32.3. The maximum Gasteiger partial charge on any atom is 0.516 e. The molecule has 4 heterocycles. The monoisotopic (exact) mass is 726 g/mol. The highest BCUT2D eigenvalue weighted by Crippen LogP contribution is 2.37. The molecule has 0 aliphatic carbocycles. The molecule has 2 fully saturated rings. The summed E-state index contributed by atoms with van der Waals surface area (Å²) in [5, 5.41) is 18.7. The zero-order chi connectivity index (χ0) is 39.3. The minimum atomic E-state index is -1.02. The molecule has 2 aromatic carbocycles. The summed E-state index contributed by atoms with van der Waals surface area (Å²) >= 11 is 0. The molecule has 12 nitrogen and oxygen atoms in total. The van der Waals surface area contributed by atoms with E-state index in [1.54, 1.807) is 10.7 Å². The fraction of sp³-hybridized carbons (Fsp3) is 0.487. The SMILES string of the molecule is COC(=O)c1cc(B2OC(C)(C)C(C)(C)O2)nn1Cc1c(C)cccc1C.Cc1cccc(C)c1Cn1nc(B2OC(C)(C)C(C)(C)O2)cc1C(=O)O. The summed E-state index contributed by atoms with van der Waals surface area (Å²) in [5.74, 6) is -1.46. The molecule has 2 aliphatic heterocycles. The number of nitrogens with zero attached hydrogens (tertiary/aromatic N) is 4. The second-order valence-electron chi connectivity index (χ2n) is 15.9. The van der Waals surface area contributed by atoms with Crippen LogP contribution in [0.15, 0.2) is 48.5 Å². The Labute approximate surface area is 313 Å². The van der Waals surface area contributed by atoms with Gasteiger partial charge in [-0.05, 0) is 129 Å². The van der Waals surface area contributed by atoms with Crippen LogP contribution >= 0.6 is 0 Å². The molecule has 0 saturated carbocycles. The van der Waals surface area contributed by atoms with Crippen molar-refractivity contribution in [2.75, 3.05) is 7.11 Å². The van der Waals surface area contributed by atoms with Crippen LogP contribution in [0.5, 0.6) is 0 Å². The lowest BCUT2D eigenvalue weighted by Crippen LogP contribution is -2.41. The summed E-state index contributed by atoms with van der Waals surface area (Å²) in [7, 11) is 0.0580. The van der Waals surface area contributed by atoms with Crippen LogP contribution in [-0.2, 0) is 36.4 Å². The van der Waals surface area contributed by atoms with E-state index in [-0.39, 0.29) is 5.69 Å². The van der Waals surface area contributed by atoms with Gasteiger partial charge in [-0.15, -0.1) is 0 Å². The van der Waals surface area contributed by atoms with E-state index in [2.05, 4.69) is 36.2 Å². The van der Waals surface area contributed by atoms with Crippen LogP contribution in [0.1, 0.15) is 110 Å². The third-order valence-corrected chi connectivity index (χ3v) is 11.1. The fourth-order valence-corrected chi connectivity index (χ4v) is 6.21. The number of benzene rings is 2. The highest BCUT2D eigenvalue weighted by molar-refractivity contribution is 6.61. The van der Waals surface area contributed by atoms with Crippen molar-refractivity contribution in [3.05, 3.63) is 93.3 Å². The van der Waals surface area contributed by atoms with Crippen molar-refractivity contribution in [3.63, 3.8) is 0 Å². The molecule has 282 valence electrons. The number of methoxy groups -OCH3 is 1. The molecule has 0 atom stereocenters. The smallest absolute Gasteiger partial charge is 0.477 e. The molecular formula is C39H52B2N4O8. The molecule has 0 radical (unpaired) electrons. The highest BCUT2D eigenvalue weighted by Gasteiger charge is 2.54. The molecule has 53 heavy (non-hydrogen) atoms. The number of esters is 1. The molecule has 0 unspecified atom stereocenters. The van der Waals surface area contributed by atoms with Crippen LogP contribution < -0.4 is 11.2 Å². The molecule has 0 spiro atoms. The number of hydrogen-bond donors (Lipinski definition) is 1. The van der Waals surface area contributed by atoms with Gasteiger partial charge in [0.1, 0.15) is 11.4 Å². The number of carbonyl (C=O) groups is 2. The number of carboxylic acid groups (broad SMARTS) is 1. The molecule has 6 rings (SSSR count). The third-order valence-electron chi connectivity index (χ3n) is 11.1. The Morgan fingerprint density at radius 2 is 0.962 bits per heavy atom. The summed E-state index contributed by atoms with van der Waals surface area (Å²) in [4.78, 5) is 24.0. The number of carbonyl (C=O) groups excluding carboxylic acids is 1. The molecule has 1 N–H and O–H groups in total. The molecular weight excluding hydrogens is 674 g/mol. The van der Waals surface area contributed by atoms with E-state index < -0.39 is 48.6 Å². The normalized spacial score (nSPS) is 18.1. The minimum absolute atomic E-state index is 0.123. The van der Waals surface area contributed by atoms with Crippen LogP contribution in [0.4, 0.5) is 0 Å². The molecule has 0 bridgehead atoms. The predicted octanol–water partition coefficient (Wildman–Crippen LogP) is 5.18. The van der Waals surface area contributed by atoms with Crippen molar-refractivity contribution >= 4 is 37.4 Å². The van der Waals surface area contributed by atoms with Crippen LogP contribution in [0.2, 0.25) is 0 Å². The van der Waals surface area contributed by atoms with Gasteiger partial charge in [0.05, 0.1) is 53.8 Å². The van der Waals surface area contributed by atoms with E-state index in [1.807, 2.05) is 93.5 Å². The zero-order valence-corrected chi connectivity index (χ0v) is 33.3. The second-order valence-corrected chi connectivity index (χ2v) is 15.9. The van der Waals surface area contributed by atoms with Crippen molar-refractivity contribution in [3.8, 4) is 0 Å². The molecule has 4 aromatic rings. The molecule has 2 saturated heterocycles. The predicted molar refractivity (Wildman–Crippen MR) is 204 cm³/mol. The number of aromatic carboxylic acids is 1. The lowest BCUT2D eigenvalue weighted by Gasteiger charge is -2.32. The summed E-state index contributed by atoms with van der Waals surface area (Å²) in [6.07, 6.45) is 0. The Bertz CT molecular complexity index is 1940. The number of aromatic nitrogens is 4. The summed E-state index contributed by atoms with van der Waals surface area (Å²) in [5.41, 5.74) is 6.31. The van der Waals surface area contributed by atoms with E-state index in [9.17, 15) is 14.7 Å². The van der Waals surface area contributed by atoms with Crippen molar-refractivity contribution < 1.29 is 38.0 Å². The average Bonchev–Trinajstić information content (AvgIpc) is 3.78.